The van der Waals surface area contributed by atoms with Crippen molar-refractivity contribution in [2.45, 2.75) is 42.5 Å². The Balaban J connectivity index is 1.46. The fourth-order valence-corrected chi connectivity index (χ4v) is 5.59. The topological polar surface area (TPSA) is 113 Å². The van der Waals surface area contributed by atoms with Gasteiger partial charge in [0.15, 0.2) is 0 Å². The number of thioether (sulfide) groups is 1. The van der Waals surface area contributed by atoms with Crippen molar-refractivity contribution in [2.75, 3.05) is 31.2 Å². The molecule has 2 aromatic rings. The van der Waals surface area contributed by atoms with Crippen LogP contribution < -0.4 is 9.62 Å². The maximum absolute atomic E-state index is 12.8. The quantitative estimate of drug-likeness (QED) is 0.319. The number of hydrogen-bond acceptors (Lipinski definition) is 9. The van der Waals surface area contributed by atoms with Crippen LogP contribution in [0.15, 0.2) is 23.2 Å². The molecule has 1 spiro atoms. The summed E-state index contributed by atoms with van der Waals surface area (Å²) in [4.78, 5) is 3.11. The maximum atomic E-state index is 12.8. The number of anilines is 1. The first-order chi connectivity index (χ1) is 15.8. The first-order valence-corrected chi connectivity index (χ1v) is 12.3. The van der Waals surface area contributed by atoms with E-state index in [1.165, 1.54) is 18.1 Å². The number of alkyl halides is 2. The van der Waals surface area contributed by atoms with Gasteiger partial charge in [-0.25, -0.2) is 18.0 Å². The third-order valence-electron chi connectivity index (χ3n) is 6.52. The van der Waals surface area contributed by atoms with E-state index in [2.05, 4.69) is 20.8 Å². The van der Waals surface area contributed by atoms with Crippen LogP contribution in [0.4, 0.5) is 14.6 Å². The van der Waals surface area contributed by atoms with Gasteiger partial charge in [-0.15, -0.1) is 0 Å². The Morgan fingerprint density at radius 2 is 1.94 bits per heavy atom. The van der Waals surface area contributed by atoms with E-state index in [9.17, 15) is 14.0 Å². The van der Waals surface area contributed by atoms with Gasteiger partial charge in [0.25, 0.3) is 6.43 Å². The van der Waals surface area contributed by atoms with Gasteiger partial charge in [0.05, 0.1) is 36.6 Å². The van der Waals surface area contributed by atoms with E-state index in [1.807, 2.05) is 12.1 Å². The van der Waals surface area contributed by atoms with Crippen molar-refractivity contribution in [2.24, 2.45) is 5.41 Å². The number of fused-ring (bicyclic) bond motifs is 1. The van der Waals surface area contributed by atoms with Crippen LogP contribution in [0.25, 0.3) is 5.52 Å². The lowest BCUT2D eigenvalue weighted by Gasteiger charge is -2.47. The van der Waals surface area contributed by atoms with Crippen LogP contribution in [0.1, 0.15) is 31.2 Å². The third-order valence-corrected chi connectivity index (χ3v) is 8.31. The van der Waals surface area contributed by atoms with Crippen LogP contribution in [0, 0.1) is 27.6 Å². The second-order valence-electron chi connectivity index (χ2n) is 8.88. The number of piperidine rings is 1. The number of nitriles is 1. The molecule has 0 aromatic carbocycles. The summed E-state index contributed by atoms with van der Waals surface area (Å²) in [6.07, 6.45) is 2.23. The van der Waals surface area contributed by atoms with Crippen molar-refractivity contribution in [3.8, 4) is 6.07 Å². The van der Waals surface area contributed by atoms with Crippen molar-refractivity contribution in [3.05, 3.63) is 23.9 Å². The number of nitrogens with one attached hydrogen (secondary N) is 3. The fraction of sp³-hybridized carbons (Fsp3) is 0.524. The van der Waals surface area contributed by atoms with Gasteiger partial charge >= 0.3 is 0 Å². The van der Waals surface area contributed by atoms with Crippen molar-refractivity contribution in [1.82, 2.24) is 14.3 Å². The summed E-state index contributed by atoms with van der Waals surface area (Å²) in [6, 6.07) is 6.18. The number of nitrogens with zero attached hydrogens (tertiary/aromatic N) is 4. The van der Waals surface area contributed by atoms with Crippen LogP contribution in [-0.4, -0.2) is 58.0 Å². The maximum Gasteiger partial charge on any atom is 0.285 e. The zero-order valence-electron chi connectivity index (χ0n) is 17.7. The standard InChI is InChI=1S/C21H23F2N7OS2/c22-17(23)19(26)32-18(25)14-9-27-30-15(14)7-13(33-28-21(10-24)1-2-21)8-16(30)29-5-3-20(4-6-29)11-31-12-20/h7-9,17,25-26,28H,1-6,11-12H2. The predicted molar refractivity (Wildman–Crippen MR) is 125 cm³/mol. The molecule has 3 aliphatic rings. The van der Waals surface area contributed by atoms with Crippen LogP contribution in [0.3, 0.4) is 0 Å². The Hall–Kier alpha value is -2.20. The molecule has 3 fully saturated rings. The minimum Gasteiger partial charge on any atom is -0.380 e. The highest BCUT2D eigenvalue weighted by molar-refractivity contribution is 8.26. The molecule has 2 saturated heterocycles. The number of hydrogen-bond donors (Lipinski definition) is 3. The molecule has 33 heavy (non-hydrogen) atoms. The molecule has 1 aliphatic carbocycles. The molecule has 2 aliphatic heterocycles. The molecule has 0 radical (unpaired) electrons. The van der Waals surface area contributed by atoms with Gasteiger partial charge in [0, 0.05) is 23.4 Å². The molecule has 0 amide bonds. The zero-order chi connectivity index (χ0) is 23.2. The van der Waals surface area contributed by atoms with E-state index in [-0.39, 0.29) is 10.5 Å². The van der Waals surface area contributed by atoms with Gasteiger partial charge in [-0.1, -0.05) is 0 Å². The van der Waals surface area contributed by atoms with Crippen LogP contribution >= 0.6 is 23.7 Å². The monoisotopic (exact) mass is 491 g/mol. The van der Waals surface area contributed by atoms with E-state index in [0.717, 1.165) is 62.7 Å². The Morgan fingerprint density at radius 3 is 2.52 bits per heavy atom. The molecule has 0 bridgehead atoms. The smallest absolute Gasteiger partial charge is 0.285 e. The summed E-state index contributed by atoms with van der Waals surface area (Å²) in [5.74, 6) is 0.863. The van der Waals surface area contributed by atoms with E-state index in [1.54, 1.807) is 4.52 Å². The van der Waals surface area contributed by atoms with Gasteiger partial charge in [-0.2, -0.15) is 10.4 Å². The molecule has 174 valence electrons. The van der Waals surface area contributed by atoms with E-state index in [0.29, 0.717) is 22.8 Å². The lowest BCUT2D eigenvalue weighted by molar-refractivity contribution is -0.124. The fourth-order valence-electron chi connectivity index (χ4n) is 4.12. The number of ether oxygens (including phenoxy) is 1. The normalized spacial score (nSPS) is 20.6. The molecule has 0 atom stereocenters. The largest absolute Gasteiger partial charge is 0.380 e. The summed E-state index contributed by atoms with van der Waals surface area (Å²) < 4.78 is 36.1. The lowest BCUT2D eigenvalue weighted by Crippen LogP contribution is -2.51. The minimum atomic E-state index is -2.92. The van der Waals surface area contributed by atoms with Gasteiger partial charge in [0.2, 0.25) is 0 Å². The highest BCUT2D eigenvalue weighted by Gasteiger charge is 2.43. The van der Waals surface area contributed by atoms with E-state index in [4.69, 9.17) is 15.6 Å². The SMILES string of the molecule is N#CC1(NSc2cc(N3CCC4(CC3)COC4)n3ncc(C(=N)SC(=N)C(F)F)c3c2)CC1. The average molecular weight is 492 g/mol. The van der Waals surface area contributed by atoms with Crippen molar-refractivity contribution >= 4 is 45.1 Å². The Kier molecular flexibility index (Phi) is 5.84. The molecule has 5 rings (SSSR count). The van der Waals surface area contributed by atoms with E-state index >= 15 is 0 Å². The molecule has 3 N–H and O–H groups in total. The second-order valence-corrected chi connectivity index (χ2v) is 10.8. The van der Waals surface area contributed by atoms with Gasteiger partial charge < -0.3 is 9.64 Å². The molecule has 0 unspecified atom stereocenters. The van der Waals surface area contributed by atoms with Crippen molar-refractivity contribution < 1.29 is 13.5 Å². The van der Waals surface area contributed by atoms with Crippen LogP contribution in [0.5, 0.6) is 0 Å². The number of rotatable bonds is 6. The second kappa shape index (κ2) is 8.54. The zero-order valence-corrected chi connectivity index (χ0v) is 19.4. The van der Waals surface area contributed by atoms with Crippen LogP contribution in [0.2, 0.25) is 0 Å². The van der Waals surface area contributed by atoms with Crippen molar-refractivity contribution in [3.63, 3.8) is 0 Å². The number of halogens is 2. The van der Waals surface area contributed by atoms with Crippen molar-refractivity contribution in [1.29, 1.82) is 16.1 Å². The molecular formula is C21H23F2N7OS2. The molecule has 8 nitrogen and oxygen atoms in total. The predicted octanol–water partition coefficient (Wildman–Crippen LogP) is 3.90. The Morgan fingerprint density at radius 1 is 1.21 bits per heavy atom. The highest BCUT2D eigenvalue weighted by atomic mass is 32.2. The molecule has 4 heterocycles. The summed E-state index contributed by atoms with van der Waals surface area (Å²) in [6.45, 7) is 3.31. The molecular weight excluding hydrogens is 468 g/mol. The number of aromatic nitrogens is 2. The number of pyridine rings is 1. The third kappa shape index (κ3) is 4.35. The first kappa shape index (κ1) is 22.6. The average Bonchev–Trinajstić information content (AvgIpc) is 3.45. The van der Waals surface area contributed by atoms with Gasteiger partial charge in [-0.05, 0) is 61.5 Å². The van der Waals surface area contributed by atoms with Crippen LogP contribution in [-0.2, 0) is 4.74 Å². The molecule has 1 saturated carbocycles. The summed E-state index contributed by atoms with van der Waals surface area (Å²) >= 11 is 1.81. The highest BCUT2D eigenvalue weighted by Crippen LogP contribution is 2.41. The molecule has 2 aromatic heterocycles. The molecule has 12 heteroatoms. The summed E-state index contributed by atoms with van der Waals surface area (Å²) in [5, 5.41) is 28.6. The lowest BCUT2D eigenvalue weighted by atomic mass is 9.77. The van der Waals surface area contributed by atoms with Gasteiger partial charge in [0.1, 0.15) is 21.4 Å². The Bertz CT molecular complexity index is 1140. The first-order valence-electron chi connectivity index (χ1n) is 10.7. The summed E-state index contributed by atoms with van der Waals surface area (Å²) in [5.41, 5.74) is 0.788. The van der Waals surface area contributed by atoms with Gasteiger partial charge in [-0.3, -0.25) is 10.8 Å². The minimum absolute atomic E-state index is 0.142. The summed E-state index contributed by atoms with van der Waals surface area (Å²) in [7, 11) is 0. The Labute approximate surface area is 198 Å². The van der Waals surface area contributed by atoms with E-state index < -0.39 is 17.0 Å².